The van der Waals surface area contributed by atoms with Gasteiger partial charge < -0.3 is 20.8 Å². The lowest BCUT2D eigenvalue weighted by Crippen LogP contribution is -2.14. The van der Waals surface area contributed by atoms with Crippen LogP contribution in [-0.4, -0.2) is 31.2 Å². The summed E-state index contributed by atoms with van der Waals surface area (Å²) in [5.74, 6) is 0.246. The van der Waals surface area contributed by atoms with Crippen molar-refractivity contribution in [3.8, 4) is 11.5 Å². The molecule has 0 atom stereocenters. The Bertz CT molecular complexity index is 830. The van der Waals surface area contributed by atoms with E-state index in [9.17, 15) is 0 Å². The van der Waals surface area contributed by atoms with Gasteiger partial charge in [0.15, 0.2) is 5.84 Å². The molecule has 0 aliphatic carbocycles. The van der Waals surface area contributed by atoms with Crippen molar-refractivity contribution in [2.75, 3.05) is 5.32 Å². The van der Waals surface area contributed by atoms with E-state index < -0.39 is 0 Å². The SMILES string of the molecule is N/C(=N\O)c1ccc(Nc2nc(-c3ccc(Cl)cn3)no2)cn1. The predicted octanol–water partition coefficient (Wildman–Crippen LogP) is 2.02. The molecule has 0 aliphatic rings. The second kappa shape index (κ2) is 6.28. The van der Waals surface area contributed by atoms with E-state index in [2.05, 4.69) is 30.6 Å². The summed E-state index contributed by atoms with van der Waals surface area (Å²) in [7, 11) is 0. The molecule has 9 nitrogen and oxygen atoms in total. The summed E-state index contributed by atoms with van der Waals surface area (Å²) in [5.41, 5.74) is 6.91. The number of halogens is 1. The molecule has 3 aromatic rings. The monoisotopic (exact) mass is 331 g/mol. The van der Waals surface area contributed by atoms with Crippen molar-refractivity contribution >= 4 is 29.1 Å². The third-order valence-electron chi connectivity index (χ3n) is 2.77. The normalized spacial score (nSPS) is 11.4. The van der Waals surface area contributed by atoms with E-state index in [0.29, 0.717) is 27.9 Å². The first-order valence-electron chi connectivity index (χ1n) is 6.32. The molecule has 3 heterocycles. The Hall–Kier alpha value is -3.20. The van der Waals surface area contributed by atoms with Gasteiger partial charge in [-0.2, -0.15) is 4.98 Å². The van der Waals surface area contributed by atoms with Gasteiger partial charge >= 0.3 is 6.01 Å². The van der Waals surface area contributed by atoms with E-state index in [4.69, 9.17) is 27.1 Å². The molecule has 0 saturated carbocycles. The zero-order chi connectivity index (χ0) is 16.2. The first-order valence-corrected chi connectivity index (χ1v) is 6.70. The van der Waals surface area contributed by atoms with Crippen LogP contribution in [0.3, 0.4) is 0 Å². The van der Waals surface area contributed by atoms with E-state index in [1.807, 2.05) is 0 Å². The molecule has 0 amide bonds. The number of amidine groups is 1. The Morgan fingerprint density at radius 1 is 1.22 bits per heavy atom. The second-order valence-corrected chi connectivity index (χ2v) is 4.76. The van der Waals surface area contributed by atoms with Gasteiger partial charge in [0.25, 0.3) is 0 Å². The Morgan fingerprint density at radius 2 is 2.09 bits per heavy atom. The highest BCUT2D eigenvalue weighted by molar-refractivity contribution is 6.30. The number of pyridine rings is 2. The van der Waals surface area contributed by atoms with Crippen LogP contribution in [0.25, 0.3) is 11.5 Å². The summed E-state index contributed by atoms with van der Waals surface area (Å²) < 4.78 is 5.09. The number of nitrogens with zero attached hydrogens (tertiary/aromatic N) is 5. The van der Waals surface area contributed by atoms with Gasteiger partial charge in [0.2, 0.25) is 5.82 Å². The van der Waals surface area contributed by atoms with Crippen LogP contribution in [0.1, 0.15) is 5.69 Å². The largest absolute Gasteiger partial charge is 0.409 e. The third-order valence-corrected chi connectivity index (χ3v) is 2.99. The highest BCUT2D eigenvalue weighted by Crippen LogP contribution is 2.19. The first-order chi connectivity index (χ1) is 11.2. The van der Waals surface area contributed by atoms with Crippen molar-refractivity contribution in [3.05, 3.63) is 47.4 Å². The Labute approximate surface area is 134 Å². The number of nitrogens with one attached hydrogen (secondary N) is 1. The topological polar surface area (TPSA) is 135 Å². The molecule has 116 valence electrons. The van der Waals surface area contributed by atoms with E-state index in [0.717, 1.165) is 0 Å². The minimum atomic E-state index is -0.0783. The summed E-state index contributed by atoms with van der Waals surface area (Å²) in [6.45, 7) is 0. The van der Waals surface area contributed by atoms with Gasteiger partial charge in [-0.05, 0) is 24.3 Å². The number of nitrogens with two attached hydrogens (primary N) is 1. The minimum Gasteiger partial charge on any atom is -0.409 e. The molecule has 3 aromatic heterocycles. The molecule has 0 saturated heterocycles. The van der Waals surface area contributed by atoms with E-state index >= 15 is 0 Å². The Balaban J connectivity index is 1.75. The van der Waals surface area contributed by atoms with E-state index in [-0.39, 0.29) is 11.9 Å². The van der Waals surface area contributed by atoms with Crippen molar-refractivity contribution in [1.29, 1.82) is 0 Å². The third kappa shape index (κ3) is 3.35. The maximum absolute atomic E-state index is 8.58. The number of hydrogen-bond acceptors (Lipinski definition) is 8. The lowest BCUT2D eigenvalue weighted by Gasteiger charge is -2.01. The zero-order valence-corrected chi connectivity index (χ0v) is 12.3. The number of oxime groups is 1. The van der Waals surface area contributed by atoms with Crippen molar-refractivity contribution in [2.45, 2.75) is 0 Å². The molecule has 0 spiro atoms. The number of aromatic nitrogens is 4. The van der Waals surface area contributed by atoms with Crippen LogP contribution >= 0.6 is 11.6 Å². The Morgan fingerprint density at radius 3 is 2.74 bits per heavy atom. The predicted molar refractivity (Wildman–Crippen MR) is 82.6 cm³/mol. The molecule has 0 aromatic carbocycles. The summed E-state index contributed by atoms with van der Waals surface area (Å²) in [6, 6.07) is 6.79. The fourth-order valence-electron chi connectivity index (χ4n) is 1.68. The molecule has 23 heavy (non-hydrogen) atoms. The lowest BCUT2D eigenvalue weighted by molar-refractivity contribution is 0.318. The highest BCUT2D eigenvalue weighted by Gasteiger charge is 2.10. The second-order valence-electron chi connectivity index (χ2n) is 4.33. The van der Waals surface area contributed by atoms with Crippen LogP contribution in [0, 0.1) is 0 Å². The summed E-state index contributed by atoms with van der Waals surface area (Å²) in [5, 5.41) is 18.7. The van der Waals surface area contributed by atoms with Gasteiger partial charge in [-0.15, -0.1) is 0 Å². The minimum absolute atomic E-state index is 0.0783. The zero-order valence-electron chi connectivity index (χ0n) is 11.5. The van der Waals surface area contributed by atoms with Crippen LogP contribution in [-0.2, 0) is 0 Å². The van der Waals surface area contributed by atoms with Gasteiger partial charge in [-0.3, -0.25) is 9.97 Å². The summed E-state index contributed by atoms with van der Waals surface area (Å²) >= 11 is 5.78. The molecule has 0 radical (unpaired) electrons. The smallest absolute Gasteiger partial charge is 0.326 e. The van der Waals surface area contributed by atoms with Crippen LogP contribution < -0.4 is 11.1 Å². The van der Waals surface area contributed by atoms with Crippen molar-refractivity contribution < 1.29 is 9.73 Å². The molecule has 0 aliphatic heterocycles. The molecule has 0 fully saturated rings. The maximum Gasteiger partial charge on any atom is 0.326 e. The lowest BCUT2D eigenvalue weighted by atomic mass is 10.3. The number of rotatable bonds is 4. The quantitative estimate of drug-likeness (QED) is 0.286. The van der Waals surface area contributed by atoms with Crippen LogP contribution in [0.2, 0.25) is 5.02 Å². The first kappa shape index (κ1) is 14.7. The standard InChI is InChI=1S/C13H10ClN7O2/c14-7-1-3-10(16-5-7)12-19-13(23-21-12)18-8-2-4-9(17-6-8)11(15)20-22/h1-6,22H,(H2,15,20)(H,18,19,21). The van der Waals surface area contributed by atoms with Gasteiger partial charge in [0, 0.05) is 6.20 Å². The maximum atomic E-state index is 8.58. The number of hydrogen-bond donors (Lipinski definition) is 3. The van der Waals surface area contributed by atoms with Crippen molar-refractivity contribution in [1.82, 2.24) is 20.1 Å². The van der Waals surface area contributed by atoms with Crippen molar-refractivity contribution in [2.24, 2.45) is 10.9 Å². The van der Waals surface area contributed by atoms with Gasteiger partial charge in [0.05, 0.1) is 16.9 Å². The van der Waals surface area contributed by atoms with Crippen LogP contribution in [0.4, 0.5) is 11.7 Å². The van der Waals surface area contributed by atoms with Gasteiger partial charge in [-0.1, -0.05) is 21.9 Å². The summed E-state index contributed by atoms with van der Waals surface area (Å²) in [4.78, 5) is 12.3. The van der Waals surface area contributed by atoms with E-state index in [1.165, 1.54) is 12.4 Å². The number of anilines is 2. The molecule has 3 rings (SSSR count). The fourth-order valence-corrected chi connectivity index (χ4v) is 1.79. The van der Waals surface area contributed by atoms with Gasteiger partial charge in [-0.25, -0.2) is 0 Å². The van der Waals surface area contributed by atoms with Gasteiger partial charge in [0.1, 0.15) is 11.4 Å². The summed E-state index contributed by atoms with van der Waals surface area (Å²) in [6.07, 6.45) is 2.98. The molecular weight excluding hydrogens is 322 g/mol. The fraction of sp³-hybridized carbons (Fsp3) is 0. The molecular formula is C13H10ClN7O2. The van der Waals surface area contributed by atoms with Crippen molar-refractivity contribution in [3.63, 3.8) is 0 Å². The average Bonchev–Trinajstić information content (AvgIpc) is 3.04. The van der Waals surface area contributed by atoms with E-state index in [1.54, 1.807) is 24.3 Å². The average molecular weight is 332 g/mol. The Kier molecular flexibility index (Phi) is 4.02. The molecule has 0 unspecified atom stereocenters. The van der Waals surface area contributed by atoms with Crippen LogP contribution in [0.5, 0.6) is 0 Å². The molecule has 0 bridgehead atoms. The molecule has 4 N–H and O–H groups in total. The van der Waals surface area contributed by atoms with Crippen LogP contribution in [0.15, 0.2) is 46.3 Å². The highest BCUT2D eigenvalue weighted by atomic mass is 35.5. The molecule has 10 heteroatoms.